The monoisotopic (exact) mass is 324 g/mol. The number of likely N-dealkylation sites (tertiary alicyclic amines) is 1. The normalized spacial score (nSPS) is 19.5. The Kier molecular flexibility index (Phi) is 5.40. The fourth-order valence-electron chi connectivity index (χ4n) is 2.54. The van der Waals surface area contributed by atoms with E-state index in [4.69, 9.17) is 0 Å². The number of aryl methyl sites for hydroxylation is 1. The van der Waals surface area contributed by atoms with Crippen molar-refractivity contribution in [3.8, 4) is 0 Å². The zero-order chi connectivity index (χ0) is 13.7. The molecule has 2 rings (SSSR count). The second-order valence-electron chi connectivity index (χ2n) is 5.06. The fourth-order valence-corrected chi connectivity index (χ4v) is 3.02. The highest BCUT2D eigenvalue weighted by molar-refractivity contribution is 9.10. The van der Waals surface area contributed by atoms with Crippen LogP contribution in [0.3, 0.4) is 0 Å². The number of carbonyl (C=O) groups excluding carboxylic acids is 1. The third-order valence-electron chi connectivity index (χ3n) is 3.75. The highest BCUT2D eigenvalue weighted by Gasteiger charge is 2.22. The quantitative estimate of drug-likeness (QED) is 0.923. The Hall–Kier alpha value is -0.870. The van der Waals surface area contributed by atoms with Crippen LogP contribution in [-0.2, 0) is 11.2 Å². The molecular formula is C15H21BrN2O. The number of rotatable bonds is 4. The smallest absolute Gasteiger partial charge is 0.222 e. The van der Waals surface area contributed by atoms with E-state index in [1.165, 1.54) is 12.0 Å². The van der Waals surface area contributed by atoms with Gasteiger partial charge in [-0.25, -0.2) is 0 Å². The summed E-state index contributed by atoms with van der Waals surface area (Å²) < 4.78 is 1.09. The van der Waals surface area contributed by atoms with Crippen LogP contribution in [0.4, 0.5) is 0 Å². The maximum Gasteiger partial charge on any atom is 0.222 e. The second kappa shape index (κ2) is 7.06. The third kappa shape index (κ3) is 4.05. The molecule has 1 fully saturated rings. The second-order valence-corrected chi connectivity index (χ2v) is 5.91. The molecule has 19 heavy (non-hydrogen) atoms. The lowest BCUT2D eigenvalue weighted by molar-refractivity contribution is -0.132. The maximum atomic E-state index is 12.2. The molecule has 104 valence electrons. The lowest BCUT2D eigenvalue weighted by Crippen LogP contribution is -2.47. The van der Waals surface area contributed by atoms with E-state index in [2.05, 4.69) is 27.3 Å². The van der Waals surface area contributed by atoms with Gasteiger partial charge in [0.25, 0.3) is 0 Å². The third-order valence-corrected chi connectivity index (χ3v) is 4.52. The number of hydrogen-bond acceptors (Lipinski definition) is 2. The molecule has 1 aliphatic heterocycles. The number of amides is 1. The van der Waals surface area contributed by atoms with Crippen molar-refractivity contribution in [3.63, 3.8) is 0 Å². The number of likely N-dealkylation sites (N-methyl/N-ethyl adjacent to an activating group) is 1. The molecule has 0 spiro atoms. The minimum Gasteiger partial charge on any atom is -0.341 e. The molecule has 0 aliphatic carbocycles. The molecule has 1 amide bonds. The van der Waals surface area contributed by atoms with Crippen molar-refractivity contribution < 1.29 is 4.79 Å². The van der Waals surface area contributed by atoms with Gasteiger partial charge in [-0.2, -0.15) is 0 Å². The van der Waals surface area contributed by atoms with Crippen LogP contribution in [-0.4, -0.2) is 37.0 Å². The van der Waals surface area contributed by atoms with Gasteiger partial charge >= 0.3 is 0 Å². The molecule has 4 heteroatoms. The Bertz CT molecular complexity index is 436. The minimum atomic E-state index is 0.274. The van der Waals surface area contributed by atoms with Crippen LogP contribution in [0.5, 0.6) is 0 Å². The summed E-state index contributed by atoms with van der Waals surface area (Å²) in [7, 11) is 1.97. The summed E-state index contributed by atoms with van der Waals surface area (Å²) in [6.45, 7) is 1.76. The Balaban J connectivity index is 1.86. The molecule has 0 aromatic heterocycles. The molecule has 1 saturated heterocycles. The predicted molar refractivity (Wildman–Crippen MR) is 81.1 cm³/mol. The number of carbonyl (C=O) groups is 1. The Labute approximate surface area is 123 Å². The van der Waals surface area contributed by atoms with E-state index in [0.29, 0.717) is 12.5 Å². The van der Waals surface area contributed by atoms with Gasteiger partial charge in [-0.1, -0.05) is 34.1 Å². The summed E-state index contributed by atoms with van der Waals surface area (Å²) >= 11 is 3.53. The van der Waals surface area contributed by atoms with E-state index in [1.807, 2.05) is 30.1 Å². The number of halogens is 1. The van der Waals surface area contributed by atoms with Gasteiger partial charge in [0.15, 0.2) is 0 Å². The molecule has 3 nitrogen and oxygen atoms in total. The van der Waals surface area contributed by atoms with Crippen molar-refractivity contribution in [1.82, 2.24) is 10.2 Å². The fraction of sp³-hybridized carbons (Fsp3) is 0.533. The minimum absolute atomic E-state index is 0.274. The molecule has 0 radical (unpaired) electrons. The molecule has 1 aromatic carbocycles. The van der Waals surface area contributed by atoms with E-state index < -0.39 is 0 Å². The largest absolute Gasteiger partial charge is 0.341 e. The SMILES string of the molecule is CN[C@@H]1CCCN(C(=O)CCc2ccccc2Br)C1. The van der Waals surface area contributed by atoms with E-state index in [0.717, 1.165) is 30.4 Å². The van der Waals surface area contributed by atoms with Gasteiger partial charge in [0, 0.05) is 30.0 Å². The van der Waals surface area contributed by atoms with Gasteiger partial charge in [-0.3, -0.25) is 4.79 Å². The molecule has 1 aromatic rings. The summed E-state index contributed by atoms with van der Waals surface area (Å²) in [6.07, 6.45) is 3.68. The zero-order valence-electron chi connectivity index (χ0n) is 11.4. The van der Waals surface area contributed by atoms with Crippen molar-refractivity contribution in [2.24, 2.45) is 0 Å². The van der Waals surface area contributed by atoms with Gasteiger partial charge < -0.3 is 10.2 Å². The van der Waals surface area contributed by atoms with E-state index in [1.54, 1.807) is 0 Å². The van der Waals surface area contributed by atoms with Crippen LogP contribution < -0.4 is 5.32 Å². The Morgan fingerprint density at radius 2 is 2.26 bits per heavy atom. The molecule has 1 heterocycles. The molecule has 1 aliphatic rings. The average Bonchev–Trinajstić information content (AvgIpc) is 2.46. The summed E-state index contributed by atoms with van der Waals surface area (Å²) in [5, 5.41) is 3.27. The zero-order valence-corrected chi connectivity index (χ0v) is 12.9. The predicted octanol–water partition coefficient (Wildman–Crippen LogP) is 2.59. The summed E-state index contributed by atoms with van der Waals surface area (Å²) in [4.78, 5) is 14.2. The molecular weight excluding hydrogens is 304 g/mol. The lowest BCUT2D eigenvalue weighted by Gasteiger charge is -2.32. The van der Waals surface area contributed by atoms with Gasteiger partial charge in [0.05, 0.1) is 0 Å². The number of hydrogen-bond donors (Lipinski definition) is 1. The molecule has 0 unspecified atom stereocenters. The number of piperidine rings is 1. The first-order valence-electron chi connectivity index (χ1n) is 6.89. The molecule has 0 saturated carbocycles. The lowest BCUT2D eigenvalue weighted by atomic mass is 10.0. The van der Waals surface area contributed by atoms with Crippen molar-refractivity contribution in [3.05, 3.63) is 34.3 Å². The number of benzene rings is 1. The van der Waals surface area contributed by atoms with E-state index >= 15 is 0 Å². The first kappa shape index (κ1) is 14.5. The Morgan fingerprint density at radius 3 is 3.00 bits per heavy atom. The van der Waals surface area contributed by atoms with Crippen molar-refractivity contribution in [2.75, 3.05) is 20.1 Å². The first-order valence-corrected chi connectivity index (χ1v) is 7.68. The van der Waals surface area contributed by atoms with Crippen LogP contribution in [0.15, 0.2) is 28.7 Å². The Morgan fingerprint density at radius 1 is 1.47 bits per heavy atom. The first-order chi connectivity index (χ1) is 9.20. The standard InChI is InChI=1S/C15H21BrN2O/c1-17-13-6-4-10-18(11-13)15(19)9-8-12-5-2-3-7-14(12)16/h2-3,5,7,13,17H,4,6,8-11H2,1H3/t13-/m1/s1. The van der Waals surface area contributed by atoms with Gasteiger partial charge in [0.1, 0.15) is 0 Å². The van der Waals surface area contributed by atoms with Crippen LogP contribution in [0, 0.1) is 0 Å². The van der Waals surface area contributed by atoms with Gasteiger partial charge in [-0.05, 0) is 37.9 Å². The summed E-state index contributed by atoms with van der Waals surface area (Å²) in [5.41, 5.74) is 1.21. The van der Waals surface area contributed by atoms with E-state index in [-0.39, 0.29) is 5.91 Å². The van der Waals surface area contributed by atoms with Crippen LogP contribution in [0.1, 0.15) is 24.8 Å². The van der Waals surface area contributed by atoms with Crippen LogP contribution in [0.2, 0.25) is 0 Å². The maximum absolute atomic E-state index is 12.2. The van der Waals surface area contributed by atoms with Gasteiger partial charge in [0.2, 0.25) is 5.91 Å². The molecule has 0 bridgehead atoms. The summed E-state index contributed by atoms with van der Waals surface area (Å²) in [5.74, 6) is 0.274. The number of nitrogens with zero attached hydrogens (tertiary/aromatic N) is 1. The molecule has 1 atom stereocenters. The summed E-state index contributed by atoms with van der Waals surface area (Å²) in [6, 6.07) is 8.57. The highest BCUT2D eigenvalue weighted by atomic mass is 79.9. The van der Waals surface area contributed by atoms with Crippen molar-refractivity contribution in [2.45, 2.75) is 31.7 Å². The topological polar surface area (TPSA) is 32.3 Å². The average molecular weight is 325 g/mol. The van der Waals surface area contributed by atoms with Gasteiger partial charge in [-0.15, -0.1) is 0 Å². The molecule has 1 N–H and O–H groups in total. The van der Waals surface area contributed by atoms with Crippen molar-refractivity contribution in [1.29, 1.82) is 0 Å². The van der Waals surface area contributed by atoms with Crippen LogP contribution >= 0.6 is 15.9 Å². The van der Waals surface area contributed by atoms with Crippen molar-refractivity contribution >= 4 is 21.8 Å². The highest BCUT2D eigenvalue weighted by Crippen LogP contribution is 2.18. The van der Waals surface area contributed by atoms with E-state index in [9.17, 15) is 4.79 Å². The number of nitrogens with one attached hydrogen (secondary N) is 1. The van der Waals surface area contributed by atoms with Crippen LogP contribution in [0.25, 0.3) is 0 Å².